The van der Waals surface area contributed by atoms with Gasteiger partial charge < -0.3 is 16.4 Å². The van der Waals surface area contributed by atoms with E-state index in [1.54, 1.807) is 37.4 Å². The maximum absolute atomic E-state index is 14.5. The quantitative estimate of drug-likeness (QED) is 0.141. The van der Waals surface area contributed by atoms with Crippen molar-refractivity contribution < 1.29 is 18.8 Å². The van der Waals surface area contributed by atoms with Gasteiger partial charge in [-0.2, -0.15) is 10.4 Å². The van der Waals surface area contributed by atoms with Gasteiger partial charge in [-0.15, -0.1) is 0 Å². The van der Waals surface area contributed by atoms with E-state index in [0.717, 1.165) is 49.2 Å². The van der Waals surface area contributed by atoms with E-state index in [0.29, 0.717) is 17.8 Å². The number of nitriles is 1. The van der Waals surface area contributed by atoms with Crippen molar-refractivity contribution in [3.8, 4) is 6.19 Å². The molecule has 0 radical (unpaired) electrons. The van der Waals surface area contributed by atoms with E-state index in [2.05, 4.69) is 31.0 Å². The Kier molecular flexibility index (Phi) is 7.40. The number of nitrogens with one attached hydrogen (secondary N) is 3. The Hall–Kier alpha value is -4.86. The average Bonchev–Trinajstić information content (AvgIpc) is 3.35. The normalized spacial score (nSPS) is 21.7. The molecule has 0 saturated heterocycles. The molecule has 5 N–H and O–H groups in total. The van der Waals surface area contributed by atoms with E-state index >= 15 is 0 Å². The molecule has 0 unspecified atom stereocenters. The highest BCUT2D eigenvalue weighted by molar-refractivity contribution is 5.98. The van der Waals surface area contributed by atoms with Gasteiger partial charge in [-0.05, 0) is 68.6 Å². The molecule has 2 bridgehead atoms. The maximum atomic E-state index is 14.5. The predicted octanol–water partition coefficient (Wildman–Crippen LogP) is 2.47. The SMILES string of the molecule is CC(=O)C12CCC(CNC(=O)c3cc(C(=O)NCc4cccc(N=C(N)NC#N)c4)nc4c(F)cnn34)(CC1)CC2. The fourth-order valence-electron chi connectivity index (χ4n) is 5.86. The summed E-state index contributed by atoms with van der Waals surface area (Å²) in [7, 11) is 0. The molecule has 3 aliphatic rings. The van der Waals surface area contributed by atoms with Gasteiger partial charge in [-0.25, -0.2) is 18.9 Å². The zero-order chi connectivity index (χ0) is 29.2. The summed E-state index contributed by atoms with van der Waals surface area (Å²) in [5.74, 6) is -1.69. The lowest BCUT2D eigenvalue weighted by molar-refractivity contribution is -0.135. The summed E-state index contributed by atoms with van der Waals surface area (Å²) in [5, 5.41) is 20.5. The molecule has 2 aromatic heterocycles. The summed E-state index contributed by atoms with van der Waals surface area (Å²) >= 11 is 0. The van der Waals surface area contributed by atoms with Gasteiger partial charge in [0.15, 0.2) is 17.7 Å². The minimum atomic E-state index is -0.762. The average molecular weight is 560 g/mol. The Morgan fingerprint density at radius 1 is 1.12 bits per heavy atom. The molecule has 2 heterocycles. The van der Waals surface area contributed by atoms with Gasteiger partial charge in [0.2, 0.25) is 5.96 Å². The first-order valence-corrected chi connectivity index (χ1v) is 13.3. The Labute approximate surface area is 235 Å². The van der Waals surface area contributed by atoms with Crippen LogP contribution in [0.3, 0.4) is 0 Å². The summed E-state index contributed by atoms with van der Waals surface area (Å²) in [5.41, 5.74) is 6.08. The van der Waals surface area contributed by atoms with Crippen LogP contribution in [0.5, 0.6) is 0 Å². The van der Waals surface area contributed by atoms with Crippen LogP contribution >= 0.6 is 0 Å². The fraction of sp³-hybridized carbons (Fsp3) is 0.393. The molecule has 0 atom stereocenters. The van der Waals surface area contributed by atoms with Crippen LogP contribution in [0.4, 0.5) is 10.1 Å². The van der Waals surface area contributed by atoms with Gasteiger partial charge in [0.05, 0.1) is 11.9 Å². The zero-order valence-electron chi connectivity index (χ0n) is 22.5. The third kappa shape index (κ3) is 5.58. The minimum Gasteiger partial charge on any atom is -0.369 e. The van der Waals surface area contributed by atoms with E-state index in [4.69, 9.17) is 11.0 Å². The predicted molar refractivity (Wildman–Crippen MR) is 146 cm³/mol. The van der Waals surface area contributed by atoms with E-state index in [9.17, 15) is 18.8 Å². The summed E-state index contributed by atoms with van der Waals surface area (Å²) in [4.78, 5) is 46.7. The Bertz CT molecular complexity index is 1580. The number of aliphatic imine (C=N–C) groups is 1. The second-order valence-corrected chi connectivity index (χ2v) is 10.9. The molecule has 212 valence electrons. The van der Waals surface area contributed by atoms with Crippen LogP contribution in [0, 0.1) is 28.1 Å². The van der Waals surface area contributed by atoms with E-state index in [1.165, 1.54) is 6.07 Å². The van der Waals surface area contributed by atoms with Crippen LogP contribution in [-0.2, 0) is 11.3 Å². The molecule has 1 aromatic carbocycles. The summed E-state index contributed by atoms with van der Waals surface area (Å²) < 4.78 is 15.6. The molecule has 13 heteroatoms. The minimum absolute atomic E-state index is 0.0121. The first kappa shape index (κ1) is 27.7. The van der Waals surface area contributed by atoms with Gasteiger partial charge in [0, 0.05) is 24.6 Å². The lowest BCUT2D eigenvalue weighted by Gasteiger charge is -2.52. The van der Waals surface area contributed by atoms with Gasteiger partial charge in [0.1, 0.15) is 17.2 Å². The zero-order valence-corrected chi connectivity index (χ0v) is 22.5. The maximum Gasteiger partial charge on any atom is 0.270 e. The summed E-state index contributed by atoms with van der Waals surface area (Å²) in [6.07, 6.45) is 7.68. The number of hydrogen-bond acceptors (Lipinski definition) is 7. The van der Waals surface area contributed by atoms with Crippen molar-refractivity contribution in [3.63, 3.8) is 0 Å². The van der Waals surface area contributed by atoms with Crippen LogP contribution in [-0.4, -0.2) is 44.7 Å². The molecule has 3 fully saturated rings. The number of Topliss-reactive ketones (excluding diaryl/α,β-unsaturated/α-hetero) is 1. The highest BCUT2D eigenvalue weighted by Gasteiger charge is 2.50. The van der Waals surface area contributed by atoms with Crippen LogP contribution in [0.2, 0.25) is 0 Å². The number of carbonyl (C=O) groups excluding carboxylic acids is 3. The highest BCUT2D eigenvalue weighted by Crippen LogP contribution is 2.56. The second-order valence-electron chi connectivity index (χ2n) is 10.9. The van der Waals surface area contributed by atoms with Crippen molar-refractivity contribution in [1.29, 1.82) is 5.26 Å². The Morgan fingerprint density at radius 3 is 2.54 bits per heavy atom. The van der Waals surface area contributed by atoms with Gasteiger partial charge in [0.25, 0.3) is 11.8 Å². The smallest absolute Gasteiger partial charge is 0.270 e. The Balaban J connectivity index is 1.29. The van der Waals surface area contributed by atoms with Crippen molar-refractivity contribution in [2.75, 3.05) is 6.54 Å². The van der Waals surface area contributed by atoms with Crippen LogP contribution < -0.4 is 21.7 Å². The Morgan fingerprint density at radius 2 is 1.85 bits per heavy atom. The first-order valence-electron chi connectivity index (χ1n) is 13.3. The van der Waals surface area contributed by atoms with E-state index < -0.39 is 17.6 Å². The second kappa shape index (κ2) is 11.0. The van der Waals surface area contributed by atoms with Crippen molar-refractivity contribution in [3.05, 3.63) is 59.3 Å². The lowest BCUT2D eigenvalue weighted by atomic mass is 9.52. The molecular formula is C28H30FN9O3. The van der Waals surface area contributed by atoms with Crippen molar-refractivity contribution in [2.45, 2.75) is 52.0 Å². The third-order valence-corrected chi connectivity index (χ3v) is 8.46. The summed E-state index contributed by atoms with van der Waals surface area (Å²) in [6, 6.07) is 8.12. The molecule has 2 amide bonds. The molecule has 12 nitrogen and oxygen atoms in total. The van der Waals surface area contributed by atoms with Crippen LogP contribution in [0.15, 0.2) is 41.5 Å². The standard InChI is InChI=1S/C28H30FN9O3/c1-17(39)28-8-5-27(6-9-28,7-10-28)15-33-25(41)22-12-21(37-23-20(29)14-35-38(22)23)24(40)32-13-18-3-2-4-19(11-18)36-26(31)34-16-30/h2-4,11-12,14H,5-10,13,15H2,1H3,(H,32,40)(H,33,41)(H3,31,34,36). The van der Waals surface area contributed by atoms with Gasteiger partial charge >= 0.3 is 0 Å². The number of ketones is 1. The number of hydrogen-bond donors (Lipinski definition) is 4. The number of benzene rings is 1. The number of nitrogens with two attached hydrogens (primary N) is 1. The molecule has 3 saturated carbocycles. The third-order valence-electron chi connectivity index (χ3n) is 8.46. The largest absolute Gasteiger partial charge is 0.369 e. The number of halogens is 1. The van der Waals surface area contributed by atoms with Crippen molar-refractivity contribution in [1.82, 2.24) is 30.5 Å². The van der Waals surface area contributed by atoms with E-state index in [1.807, 2.05) is 0 Å². The molecule has 3 aliphatic carbocycles. The first-order chi connectivity index (χ1) is 19.6. The van der Waals surface area contributed by atoms with Crippen molar-refractivity contribution in [2.24, 2.45) is 21.6 Å². The van der Waals surface area contributed by atoms with Crippen molar-refractivity contribution >= 4 is 34.9 Å². The number of rotatable bonds is 8. The van der Waals surface area contributed by atoms with E-state index in [-0.39, 0.29) is 46.2 Å². The topological polar surface area (TPSA) is 180 Å². The lowest BCUT2D eigenvalue weighted by Crippen LogP contribution is -2.49. The number of carbonyl (C=O) groups is 3. The van der Waals surface area contributed by atoms with Crippen LogP contribution in [0.25, 0.3) is 5.65 Å². The highest BCUT2D eigenvalue weighted by atomic mass is 19.1. The molecular weight excluding hydrogens is 529 g/mol. The number of amides is 2. The number of aromatic nitrogens is 3. The number of fused-ring (bicyclic) bond motifs is 4. The number of nitrogens with zero attached hydrogens (tertiary/aromatic N) is 5. The van der Waals surface area contributed by atoms with Crippen LogP contribution in [0.1, 0.15) is 72.0 Å². The fourth-order valence-corrected chi connectivity index (χ4v) is 5.86. The van der Waals surface area contributed by atoms with Gasteiger partial charge in [-0.3, -0.25) is 19.7 Å². The molecule has 0 spiro atoms. The number of guanidine groups is 1. The molecule has 6 rings (SSSR count). The van der Waals surface area contributed by atoms with Gasteiger partial charge in [-0.1, -0.05) is 12.1 Å². The summed E-state index contributed by atoms with van der Waals surface area (Å²) in [6.45, 7) is 2.18. The molecule has 3 aromatic rings. The molecule has 41 heavy (non-hydrogen) atoms. The molecule has 0 aliphatic heterocycles. The monoisotopic (exact) mass is 559 g/mol.